The zero-order valence-electron chi connectivity index (χ0n) is 14.0. The molecule has 1 amide bonds. The average Bonchev–Trinajstić information content (AvgIpc) is 3.41. The largest absolute Gasteiger partial charge is 0.495 e. The summed E-state index contributed by atoms with van der Waals surface area (Å²) < 4.78 is 5.26. The third kappa shape index (κ3) is 4.21. The predicted octanol–water partition coefficient (Wildman–Crippen LogP) is 2.20. The number of amides is 1. The third-order valence-corrected chi connectivity index (χ3v) is 5.36. The Kier molecular flexibility index (Phi) is 5.64. The van der Waals surface area contributed by atoms with Crippen molar-refractivity contribution in [2.75, 3.05) is 20.2 Å². The van der Waals surface area contributed by atoms with Crippen LogP contribution in [-0.4, -0.2) is 48.3 Å². The second-order valence-corrected chi connectivity index (χ2v) is 7.15. The van der Waals surface area contributed by atoms with Gasteiger partial charge >= 0.3 is 0 Å². The van der Waals surface area contributed by atoms with Gasteiger partial charge in [-0.1, -0.05) is 23.7 Å². The van der Waals surface area contributed by atoms with E-state index in [0.29, 0.717) is 16.8 Å². The van der Waals surface area contributed by atoms with Gasteiger partial charge in [0.1, 0.15) is 11.9 Å². The number of rotatable bonds is 6. The fourth-order valence-electron chi connectivity index (χ4n) is 3.23. The van der Waals surface area contributed by atoms with Crippen molar-refractivity contribution in [3.05, 3.63) is 28.8 Å². The first kappa shape index (κ1) is 17.5. The number of methoxy groups -OCH3 is 1. The molecular formula is C18H25ClN2O3. The molecule has 1 saturated carbocycles. The lowest BCUT2D eigenvalue weighted by molar-refractivity contribution is -0.133. The molecule has 2 fully saturated rings. The number of piperidine rings is 1. The van der Waals surface area contributed by atoms with Crippen LogP contribution in [-0.2, 0) is 11.3 Å². The van der Waals surface area contributed by atoms with Crippen LogP contribution < -0.4 is 10.1 Å². The second-order valence-electron chi connectivity index (χ2n) is 6.77. The summed E-state index contributed by atoms with van der Waals surface area (Å²) in [6, 6.07) is 6.10. The highest BCUT2D eigenvalue weighted by Gasteiger charge is 2.33. The molecule has 0 radical (unpaired) electrons. The maximum absolute atomic E-state index is 12.0. The second kappa shape index (κ2) is 7.72. The van der Waals surface area contributed by atoms with Crippen molar-refractivity contribution in [1.29, 1.82) is 0 Å². The number of hydrogen-bond donors (Lipinski definition) is 2. The van der Waals surface area contributed by atoms with Crippen molar-refractivity contribution < 1.29 is 14.6 Å². The minimum absolute atomic E-state index is 0.0424. The van der Waals surface area contributed by atoms with Crippen LogP contribution in [0.1, 0.15) is 31.2 Å². The summed E-state index contributed by atoms with van der Waals surface area (Å²) in [6.07, 6.45) is 2.84. The first-order chi connectivity index (χ1) is 11.6. The van der Waals surface area contributed by atoms with E-state index < -0.39 is 6.10 Å². The number of nitrogens with zero attached hydrogens (tertiary/aromatic N) is 1. The number of aliphatic hydroxyl groups is 1. The van der Waals surface area contributed by atoms with Gasteiger partial charge in [0.15, 0.2) is 0 Å². The van der Waals surface area contributed by atoms with Crippen molar-refractivity contribution in [1.82, 2.24) is 10.2 Å². The minimum atomic E-state index is -0.881. The average molecular weight is 353 g/mol. The summed E-state index contributed by atoms with van der Waals surface area (Å²) in [5.74, 6) is 0.531. The Morgan fingerprint density at radius 1 is 1.38 bits per heavy atom. The Bertz CT molecular complexity index is 584. The lowest BCUT2D eigenvalue weighted by Gasteiger charge is -2.34. The fraction of sp³-hybridized carbons (Fsp3) is 0.611. The Morgan fingerprint density at radius 2 is 2.08 bits per heavy atom. The van der Waals surface area contributed by atoms with Gasteiger partial charge in [-0.05, 0) is 56.3 Å². The molecular weight excluding hydrogens is 328 g/mol. The van der Waals surface area contributed by atoms with Crippen molar-refractivity contribution >= 4 is 17.5 Å². The van der Waals surface area contributed by atoms with Crippen LogP contribution in [0.3, 0.4) is 0 Å². The van der Waals surface area contributed by atoms with Crippen LogP contribution in [0.4, 0.5) is 0 Å². The van der Waals surface area contributed by atoms with Crippen LogP contribution in [0.5, 0.6) is 5.75 Å². The normalized spacial score (nSPS) is 20.6. The molecule has 1 aromatic carbocycles. The van der Waals surface area contributed by atoms with Gasteiger partial charge in [-0.2, -0.15) is 0 Å². The third-order valence-electron chi connectivity index (χ3n) is 4.93. The molecule has 24 heavy (non-hydrogen) atoms. The van der Waals surface area contributed by atoms with Crippen LogP contribution in [0, 0.1) is 5.92 Å². The monoisotopic (exact) mass is 352 g/mol. The van der Waals surface area contributed by atoms with Crippen molar-refractivity contribution in [2.45, 2.75) is 44.4 Å². The predicted molar refractivity (Wildman–Crippen MR) is 93.2 cm³/mol. The molecule has 1 aromatic rings. The molecule has 3 rings (SSSR count). The van der Waals surface area contributed by atoms with E-state index in [0.717, 1.165) is 50.9 Å². The van der Waals surface area contributed by atoms with E-state index in [1.54, 1.807) is 7.11 Å². The molecule has 1 aliphatic carbocycles. The minimum Gasteiger partial charge on any atom is -0.495 e. The Balaban J connectivity index is 1.50. The Hall–Kier alpha value is -1.30. The zero-order valence-corrected chi connectivity index (χ0v) is 14.8. The summed E-state index contributed by atoms with van der Waals surface area (Å²) in [7, 11) is 1.62. The molecule has 0 aromatic heterocycles. The highest BCUT2D eigenvalue weighted by molar-refractivity contribution is 6.32. The lowest BCUT2D eigenvalue weighted by Crippen LogP contribution is -2.44. The van der Waals surface area contributed by atoms with Gasteiger partial charge in [-0.15, -0.1) is 0 Å². The Labute approximate surface area is 147 Å². The van der Waals surface area contributed by atoms with Gasteiger partial charge in [0, 0.05) is 12.6 Å². The summed E-state index contributed by atoms with van der Waals surface area (Å²) >= 11 is 6.36. The number of nitrogens with one attached hydrogen (secondary N) is 1. The fourth-order valence-corrected chi connectivity index (χ4v) is 3.49. The summed E-state index contributed by atoms with van der Waals surface area (Å²) in [5.41, 5.74) is 1.04. The van der Waals surface area contributed by atoms with Gasteiger partial charge in [0.05, 0.1) is 12.1 Å². The first-order valence-corrected chi connectivity index (χ1v) is 8.98. The van der Waals surface area contributed by atoms with Gasteiger partial charge < -0.3 is 15.2 Å². The van der Waals surface area contributed by atoms with E-state index in [4.69, 9.17) is 16.3 Å². The van der Waals surface area contributed by atoms with Crippen LogP contribution in [0.2, 0.25) is 5.02 Å². The van der Waals surface area contributed by atoms with E-state index >= 15 is 0 Å². The molecule has 2 N–H and O–H groups in total. The molecule has 1 heterocycles. The van der Waals surface area contributed by atoms with Gasteiger partial charge in [0.25, 0.3) is 0 Å². The van der Waals surface area contributed by atoms with Gasteiger partial charge in [0.2, 0.25) is 5.91 Å². The number of likely N-dealkylation sites (tertiary alicyclic amines) is 1. The number of carbonyl (C=O) groups excluding carboxylic acids is 1. The Morgan fingerprint density at radius 3 is 2.71 bits per heavy atom. The van der Waals surface area contributed by atoms with Crippen molar-refractivity contribution in [3.8, 4) is 5.75 Å². The first-order valence-electron chi connectivity index (χ1n) is 8.60. The molecule has 0 spiro atoms. The molecule has 2 aliphatic rings. The number of aliphatic hydroxyl groups excluding tert-OH is 1. The summed E-state index contributed by atoms with van der Waals surface area (Å²) in [5, 5.41) is 13.8. The molecule has 132 valence electrons. The number of carbonyl (C=O) groups is 1. The highest BCUT2D eigenvalue weighted by atomic mass is 35.5. The van der Waals surface area contributed by atoms with Crippen LogP contribution in [0.15, 0.2) is 18.2 Å². The lowest BCUT2D eigenvalue weighted by atomic mass is 9.90. The molecule has 1 saturated heterocycles. The molecule has 6 heteroatoms. The van der Waals surface area contributed by atoms with E-state index in [2.05, 4.69) is 10.2 Å². The van der Waals surface area contributed by atoms with E-state index in [1.807, 2.05) is 18.2 Å². The topological polar surface area (TPSA) is 61.8 Å². The smallest absolute Gasteiger partial charge is 0.249 e. The molecule has 1 unspecified atom stereocenters. The summed E-state index contributed by atoms with van der Waals surface area (Å²) in [6.45, 7) is 2.46. The van der Waals surface area contributed by atoms with Crippen molar-refractivity contribution in [3.63, 3.8) is 0 Å². The molecule has 0 bridgehead atoms. The van der Waals surface area contributed by atoms with Crippen LogP contribution >= 0.6 is 11.6 Å². The molecule has 1 aliphatic heterocycles. The highest BCUT2D eigenvalue weighted by Crippen LogP contribution is 2.30. The zero-order chi connectivity index (χ0) is 17.1. The maximum atomic E-state index is 12.0. The number of halogens is 1. The standard InChI is InChI=1S/C18H25ClN2O3/c1-24-15-4-2-3-13(16(15)19)11-21-9-7-12(8-10-21)17(22)18(23)20-14-5-6-14/h2-4,12,14,17,22H,5-11H2,1H3,(H,20,23). The molecule has 1 atom stereocenters. The SMILES string of the molecule is COc1cccc(CN2CCC(C(O)C(=O)NC3CC3)CC2)c1Cl. The van der Waals surface area contributed by atoms with E-state index in [9.17, 15) is 9.90 Å². The van der Waals surface area contributed by atoms with Crippen LogP contribution in [0.25, 0.3) is 0 Å². The van der Waals surface area contributed by atoms with E-state index in [-0.39, 0.29) is 11.8 Å². The molecule has 5 nitrogen and oxygen atoms in total. The maximum Gasteiger partial charge on any atom is 0.249 e. The van der Waals surface area contributed by atoms with Gasteiger partial charge in [-0.3, -0.25) is 9.69 Å². The van der Waals surface area contributed by atoms with E-state index in [1.165, 1.54) is 0 Å². The number of ether oxygens (including phenoxy) is 1. The number of hydrogen-bond acceptors (Lipinski definition) is 4. The van der Waals surface area contributed by atoms with Gasteiger partial charge in [-0.25, -0.2) is 0 Å². The summed E-state index contributed by atoms with van der Waals surface area (Å²) in [4.78, 5) is 14.3. The number of benzene rings is 1. The van der Waals surface area contributed by atoms with Crippen molar-refractivity contribution in [2.24, 2.45) is 5.92 Å². The quantitative estimate of drug-likeness (QED) is 0.824.